The molecule has 0 atom stereocenters. The van der Waals surface area contributed by atoms with Gasteiger partial charge in [-0.05, 0) is 31.0 Å². The zero-order valence-electron chi connectivity index (χ0n) is 13.1. The van der Waals surface area contributed by atoms with Gasteiger partial charge in [-0.1, -0.05) is 32.1 Å². The van der Waals surface area contributed by atoms with Crippen molar-refractivity contribution in [3.63, 3.8) is 0 Å². The highest BCUT2D eigenvalue weighted by atomic mass is 16.5. The number of benzene rings is 1. The Balaban J connectivity index is 2.69. The van der Waals surface area contributed by atoms with Crippen LogP contribution in [0.15, 0.2) is 35.8 Å². The van der Waals surface area contributed by atoms with Gasteiger partial charge in [0, 0.05) is 18.1 Å². The highest BCUT2D eigenvalue weighted by molar-refractivity contribution is 5.94. The normalized spacial score (nSPS) is 10.6. The average Bonchev–Trinajstić information content (AvgIpc) is 2.54. The van der Waals surface area contributed by atoms with Gasteiger partial charge in [-0.15, -0.1) is 0 Å². The van der Waals surface area contributed by atoms with Crippen LogP contribution in [0.4, 0.5) is 0 Å². The number of unbranched alkanes of at least 4 members (excludes halogenated alkanes) is 1. The van der Waals surface area contributed by atoms with Crippen LogP contribution in [-0.2, 0) is 11.3 Å². The Morgan fingerprint density at radius 3 is 2.77 bits per heavy atom. The van der Waals surface area contributed by atoms with Gasteiger partial charge in [0.25, 0.3) is 0 Å². The van der Waals surface area contributed by atoms with Crippen LogP contribution in [0.5, 0.6) is 0 Å². The second-order valence-electron chi connectivity index (χ2n) is 5.12. The lowest BCUT2D eigenvalue weighted by Crippen LogP contribution is -2.21. The van der Waals surface area contributed by atoms with E-state index < -0.39 is 5.97 Å². The van der Waals surface area contributed by atoms with Crippen LogP contribution in [0, 0.1) is 0 Å². The summed E-state index contributed by atoms with van der Waals surface area (Å²) >= 11 is 0. The molecule has 0 amide bonds. The molecule has 0 aliphatic carbocycles. The number of pyridine rings is 1. The Morgan fingerprint density at radius 1 is 1.36 bits per heavy atom. The van der Waals surface area contributed by atoms with E-state index in [1.807, 2.05) is 16.7 Å². The number of rotatable bonds is 6. The fourth-order valence-corrected chi connectivity index (χ4v) is 2.40. The first-order valence-corrected chi connectivity index (χ1v) is 7.59. The maximum atomic E-state index is 12.5. The summed E-state index contributed by atoms with van der Waals surface area (Å²) in [5.41, 5.74) is 1.58. The number of aryl methyl sites for hydroxylation is 1. The van der Waals surface area contributed by atoms with Crippen molar-refractivity contribution in [2.24, 2.45) is 0 Å². The molecular weight excluding hydrogens is 278 g/mol. The third kappa shape index (κ3) is 3.11. The number of hydrogen-bond acceptors (Lipinski definition) is 3. The number of fused-ring (bicyclic) bond motifs is 1. The molecule has 0 aliphatic heterocycles. The molecular formula is C18H21NO3. The molecule has 116 valence electrons. The topological polar surface area (TPSA) is 48.3 Å². The highest BCUT2D eigenvalue weighted by Gasteiger charge is 2.16. The number of esters is 1. The van der Waals surface area contributed by atoms with E-state index in [9.17, 15) is 9.59 Å². The molecule has 1 aromatic carbocycles. The number of nitrogens with zero attached hydrogens (tertiary/aromatic N) is 1. The van der Waals surface area contributed by atoms with Gasteiger partial charge >= 0.3 is 5.97 Å². The molecule has 1 heterocycles. The Labute approximate surface area is 130 Å². The summed E-state index contributed by atoms with van der Waals surface area (Å²) in [6.07, 6.45) is 5.36. The summed E-state index contributed by atoms with van der Waals surface area (Å²) in [4.78, 5) is 24.5. The maximum Gasteiger partial charge on any atom is 0.343 e. The SMILES string of the molecule is C=Cc1ccc2c(=O)c(C(=O)OCC)cn(CCCC)c2c1. The van der Waals surface area contributed by atoms with E-state index in [1.54, 1.807) is 25.3 Å². The maximum absolute atomic E-state index is 12.5. The molecule has 0 fully saturated rings. The monoisotopic (exact) mass is 299 g/mol. The van der Waals surface area contributed by atoms with E-state index in [0.29, 0.717) is 5.39 Å². The number of hydrogen-bond donors (Lipinski definition) is 0. The van der Waals surface area contributed by atoms with Gasteiger partial charge in [-0.2, -0.15) is 0 Å². The van der Waals surface area contributed by atoms with E-state index in [4.69, 9.17) is 4.74 Å². The lowest BCUT2D eigenvalue weighted by Gasteiger charge is -2.13. The van der Waals surface area contributed by atoms with Gasteiger partial charge in [0.1, 0.15) is 5.56 Å². The summed E-state index contributed by atoms with van der Waals surface area (Å²) in [6.45, 7) is 8.59. The lowest BCUT2D eigenvalue weighted by molar-refractivity contribution is 0.0524. The first kappa shape index (κ1) is 16.0. The summed E-state index contributed by atoms with van der Waals surface area (Å²) < 4.78 is 6.95. The van der Waals surface area contributed by atoms with Crippen LogP contribution in [0.2, 0.25) is 0 Å². The average molecular weight is 299 g/mol. The van der Waals surface area contributed by atoms with Crippen LogP contribution in [0.25, 0.3) is 17.0 Å². The van der Waals surface area contributed by atoms with Crippen molar-refractivity contribution < 1.29 is 9.53 Å². The standard InChI is InChI=1S/C18H21NO3/c1-4-7-10-19-12-15(18(21)22-6-3)17(20)14-9-8-13(5-2)11-16(14)19/h5,8-9,11-12H,2,4,6-7,10H2,1,3H3. The van der Waals surface area contributed by atoms with E-state index in [-0.39, 0.29) is 17.6 Å². The third-order valence-electron chi connectivity index (χ3n) is 3.59. The van der Waals surface area contributed by atoms with Crippen molar-refractivity contribution in [2.75, 3.05) is 6.61 Å². The molecule has 4 nitrogen and oxygen atoms in total. The van der Waals surface area contributed by atoms with E-state index >= 15 is 0 Å². The van der Waals surface area contributed by atoms with Gasteiger partial charge < -0.3 is 9.30 Å². The van der Waals surface area contributed by atoms with E-state index in [0.717, 1.165) is 30.5 Å². The minimum Gasteiger partial charge on any atom is -0.462 e. The minimum absolute atomic E-state index is 0.0943. The number of aromatic nitrogens is 1. The van der Waals surface area contributed by atoms with Gasteiger partial charge in [0.15, 0.2) is 0 Å². The Morgan fingerprint density at radius 2 is 2.14 bits per heavy atom. The quantitative estimate of drug-likeness (QED) is 0.765. The molecule has 4 heteroatoms. The van der Waals surface area contributed by atoms with Crippen molar-refractivity contribution >= 4 is 22.9 Å². The molecule has 0 radical (unpaired) electrons. The van der Waals surface area contributed by atoms with Gasteiger partial charge in [0.05, 0.1) is 12.1 Å². The highest BCUT2D eigenvalue weighted by Crippen LogP contribution is 2.16. The summed E-state index contributed by atoms with van der Waals surface area (Å²) in [5.74, 6) is -0.563. The molecule has 0 aliphatic rings. The van der Waals surface area contributed by atoms with Crippen molar-refractivity contribution in [1.29, 1.82) is 0 Å². The fraction of sp³-hybridized carbons (Fsp3) is 0.333. The number of carbonyl (C=O) groups is 1. The van der Waals surface area contributed by atoms with Crippen LogP contribution in [0.3, 0.4) is 0 Å². The second kappa shape index (κ2) is 7.07. The van der Waals surface area contributed by atoms with Crippen LogP contribution in [0.1, 0.15) is 42.6 Å². The Kier molecular flexibility index (Phi) is 5.15. The first-order chi connectivity index (χ1) is 10.6. The van der Waals surface area contributed by atoms with E-state index in [2.05, 4.69) is 13.5 Å². The molecule has 0 N–H and O–H groups in total. The van der Waals surface area contributed by atoms with Gasteiger partial charge in [0.2, 0.25) is 5.43 Å². The van der Waals surface area contributed by atoms with Crippen LogP contribution in [-0.4, -0.2) is 17.1 Å². The van der Waals surface area contributed by atoms with Crippen molar-refractivity contribution in [1.82, 2.24) is 4.57 Å². The third-order valence-corrected chi connectivity index (χ3v) is 3.59. The minimum atomic E-state index is -0.563. The molecule has 2 rings (SSSR count). The Bertz CT molecular complexity index is 759. The second-order valence-corrected chi connectivity index (χ2v) is 5.12. The zero-order valence-corrected chi connectivity index (χ0v) is 13.1. The smallest absolute Gasteiger partial charge is 0.343 e. The molecule has 0 saturated heterocycles. The largest absolute Gasteiger partial charge is 0.462 e. The predicted octanol–water partition coefficient (Wildman–Crippen LogP) is 3.62. The van der Waals surface area contributed by atoms with Crippen LogP contribution < -0.4 is 5.43 Å². The molecule has 22 heavy (non-hydrogen) atoms. The first-order valence-electron chi connectivity index (χ1n) is 7.59. The van der Waals surface area contributed by atoms with E-state index in [1.165, 1.54) is 0 Å². The van der Waals surface area contributed by atoms with Gasteiger partial charge in [-0.25, -0.2) is 4.79 Å². The molecule has 0 saturated carbocycles. The molecule has 0 spiro atoms. The molecule has 1 aromatic heterocycles. The van der Waals surface area contributed by atoms with Crippen molar-refractivity contribution in [2.45, 2.75) is 33.2 Å². The fourth-order valence-electron chi connectivity index (χ4n) is 2.40. The zero-order chi connectivity index (χ0) is 16.1. The summed E-state index contributed by atoms with van der Waals surface area (Å²) in [5, 5.41) is 0.534. The predicted molar refractivity (Wildman–Crippen MR) is 89.2 cm³/mol. The molecule has 2 aromatic rings. The van der Waals surface area contributed by atoms with Crippen LogP contribution >= 0.6 is 0 Å². The lowest BCUT2D eigenvalue weighted by atomic mass is 10.1. The molecule has 0 unspecified atom stereocenters. The Hall–Kier alpha value is -2.36. The van der Waals surface area contributed by atoms with Crippen molar-refractivity contribution in [3.05, 3.63) is 52.3 Å². The molecule has 0 bridgehead atoms. The number of ether oxygens (including phenoxy) is 1. The van der Waals surface area contributed by atoms with Crippen molar-refractivity contribution in [3.8, 4) is 0 Å². The summed E-state index contributed by atoms with van der Waals surface area (Å²) in [7, 11) is 0. The summed E-state index contributed by atoms with van der Waals surface area (Å²) in [6, 6.07) is 5.50. The number of carbonyl (C=O) groups excluding carboxylic acids is 1. The van der Waals surface area contributed by atoms with Gasteiger partial charge in [-0.3, -0.25) is 4.79 Å².